The fraction of sp³-hybridized carbons (Fsp3) is 0.565. The number of hydrogen-bond acceptors (Lipinski definition) is 6. The predicted molar refractivity (Wildman–Crippen MR) is 115 cm³/mol. The number of ether oxygens (including phenoxy) is 2. The van der Waals surface area contributed by atoms with Gasteiger partial charge in [-0.1, -0.05) is 63.7 Å². The van der Waals surface area contributed by atoms with E-state index in [-0.39, 0.29) is 36.9 Å². The molecule has 1 aromatic rings. The third-order valence-corrected chi connectivity index (χ3v) is 4.50. The van der Waals surface area contributed by atoms with Crippen molar-refractivity contribution in [3.8, 4) is 5.75 Å². The molecule has 0 atom stereocenters. The number of nitro benzene ring substituents is 1. The summed E-state index contributed by atoms with van der Waals surface area (Å²) in [5.74, 6) is -0.792. The van der Waals surface area contributed by atoms with Crippen LogP contribution in [0.25, 0.3) is 0 Å². The molecule has 0 unspecified atom stereocenters. The third-order valence-electron chi connectivity index (χ3n) is 4.50. The molecule has 0 aliphatic heterocycles. The number of rotatable bonds is 16. The first-order chi connectivity index (χ1) is 14.5. The zero-order valence-electron chi connectivity index (χ0n) is 17.8. The van der Waals surface area contributed by atoms with E-state index < -0.39 is 10.9 Å². The number of non-ortho nitro benzene ring substituents is 1. The fourth-order valence-electron chi connectivity index (χ4n) is 2.84. The number of carbonyl (C=O) groups excluding carboxylic acids is 2. The molecule has 0 bridgehead atoms. The Hall–Kier alpha value is -2.70. The quantitative estimate of drug-likeness (QED) is 0.0825. The van der Waals surface area contributed by atoms with Crippen molar-refractivity contribution in [3.63, 3.8) is 0 Å². The zero-order valence-corrected chi connectivity index (χ0v) is 17.8. The van der Waals surface area contributed by atoms with Gasteiger partial charge in [-0.25, -0.2) is 0 Å². The van der Waals surface area contributed by atoms with Crippen LogP contribution in [0.1, 0.15) is 77.6 Å². The standard InChI is InChI=1S/C23H33NO6/c1-2-3-4-5-6-7-8-9-10-11-18-29-22(25)16-13-17-23(26)30-21-15-12-14-20(19-21)24(27)28/h10-12,14-15,19H,2-9,13,16-18H2,1H3/b11-10+. The number of unbranched alkanes of at least 4 members (excludes halogenated alkanes) is 7. The van der Waals surface area contributed by atoms with Crippen LogP contribution < -0.4 is 4.74 Å². The van der Waals surface area contributed by atoms with E-state index in [0.717, 1.165) is 12.8 Å². The molecular weight excluding hydrogens is 386 g/mol. The van der Waals surface area contributed by atoms with Gasteiger partial charge < -0.3 is 9.47 Å². The molecule has 1 aromatic carbocycles. The monoisotopic (exact) mass is 419 g/mol. The maximum atomic E-state index is 11.8. The number of nitrogens with zero attached hydrogens (tertiary/aromatic N) is 1. The van der Waals surface area contributed by atoms with Crippen LogP contribution in [0.2, 0.25) is 0 Å². The molecule has 0 aliphatic carbocycles. The normalized spacial score (nSPS) is 10.8. The van der Waals surface area contributed by atoms with Gasteiger partial charge >= 0.3 is 11.9 Å². The van der Waals surface area contributed by atoms with Gasteiger partial charge in [-0.3, -0.25) is 19.7 Å². The van der Waals surface area contributed by atoms with Crippen LogP contribution in [-0.4, -0.2) is 23.5 Å². The molecule has 30 heavy (non-hydrogen) atoms. The van der Waals surface area contributed by atoms with Crippen LogP contribution in [0.15, 0.2) is 36.4 Å². The van der Waals surface area contributed by atoms with Gasteiger partial charge in [-0.05, 0) is 25.3 Å². The van der Waals surface area contributed by atoms with Crippen LogP contribution in [-0.2, 0) is 14.3 Å². The Bertz CT molecular complexity index is 686. The molecule has 0 saturated heterocycles. The maximum absolute atomic E-state index is 11.8. The summed E-state index contributed by atoms with van der Waals surface area (Å²) in [7, 11) is 0. The third kappa shape index (κ3) is 12.7. The van der Waals surface area contributed by atoms with Crippen LogP contribution in [0.3, 0.4) is 0 Å². The summed E-state index contributed by atoms with van der Waals surface area (Å²) in [6.45, 7) is 2.46. The van der Waals surface area contributed by atoms with Gasteiger partial charge in [0.25, 0.3) is 5.69 Å². The lowest BCUT2D eigenvalue weighted by atomic mass is 10.1. The lowest BCUT2D eigenvalue weighted by Crippen LogP contribution is -2.10. The first-order valence-electron chi connectivity index (χ1n) is 10.8. The molecule has 0 spiro atoms. The summed E-state index contributed by atoms with van der Waals surface area (Å²) in [5, 5.41) is 10.7. The van der Waals surface area contributed by atoms with Gasteiger partial charge in [-0.15, -0.1) is 0 Å². The SMILES string of the molecule is CCCCCCCCC/C=C/COC(=O)CCCC(=O)Oc1cccc([N+](=O)[O-])c1. The topological polar surface area (TPSA) is 95.7 Å². The summed E-state index contributed by atoms with van der Waals surface area (Å²) in [6.07, 6.45) is 14.3. The minimum absolute atomic E-state index is 0.0336. The summed E-state index contributed by atoms with van der Waals surface area (Å²) in [6, 6.07) is 5.42. The lowest BCUT2D eigenvalue weighted by Gasteiger charge is -2.04. The van der Waals surface area contributed by atoms with Gasteiger partial charge in [0.15, 0.2) is 0 Å². The van der Waals surface area contributed by atoms with Crippen molar-refractivity contribution in [3.05, 3.63) is 46.5 Å². The lowest BCUT2D eigenvalue weighted by molar-refractivity contribution is -0.384. The largest absolute Gasteiger partial charge is 0.461 e. The molecule has 1 rings (SSSR count). The Kier molecular flexibility index (Phi) is 13.6. The number of carbonyl (C=O) groups is 2. The number of hydrogen-bond donors (Lipinski definition) is 0. The van der Waals surface area contributed by atoms with Crippen LogP contribution in [0.5, 0.6) is 5.75 Å². The highest BCUT2D eigenvalue weighted by atomic mass is 16.6. The second-order valence-electron chi connectivity index (χ2n) is 7.15. The van der Waals surface area contributed by atoms with Crippen molar-refractivity contribution in [2.45, 2.75) is 77.6 Å². The van der Waals surface area contributed by atoms with Crippen molar-refractivity contribution in [1.82, 2.24) is 0 Å². The molecule has 0 fully saturated rings. The average molecular weight is 420 g/mol. The van der Waals surface area contributed by atoms with Crippen LogP contribution in [0, 0.1) is 10.1 Å². The minimum atomic E-state index is -0.559. The summed E-state index contributed by atoms with van der Waals surface area (Å²) in [5.41, 5.74) is -0.149. The smallest absolute Gasteiger partial charge is 0.311 e. The van der Waals surface area contributed by atoms with E-state index in [2.05, 4.69) is 6.92 Å². The van der Waals surface area contributed by atoms with Gasteiger partial charge in [0, 0.05) is 18.9 Å². The van der Waals surface area contributed by atoms with Crippen LogP contribution >= 0.6 is 0 Å². The Balaban J connectivity index is 2.05. The highest BCUT2D eigenvalue weighted by Crippen LogP contribution is 2.19. The fourth-order valence-corrected chi connectivity index (χ4v) is 2.84. The van der Waals surface area contributed by atoms with Crippen molar-refractivity contribution in [2.75, 3.05) is 6.61 Å². The van der Waals surface area contributed by atoms with Crippen molar-refractivity contribution >= 4 is 17.6 Å². The van der Waals surface area contributed by atoms with E-state index in [0.29, 0.717) is 6.42 Å². The zero-order chi connectivity index (χ0) is 22.0. The molecule has 0 radical (unpaired) electrons. The van der Waals surface area contributed by atoms with E-state index in [4.69, 9.17) is 9.47 Å². The second kappa shape index (κ2) is 16.1. The minimum Gasteiger partial charge on any atom is -0.461 e. The molecule has 0 N–H and O–H groups in total. The van der Waals surface area contributed by atoms with E-state index in [1.807, 2.05) is 12.2 Å². The Morgan fingerprint density at radius 3 is 2.40 bits per heavy atom. The van der Waals surface area contributed by atoms with E-state index in [1.54, 1.807) is 0 Å². The first kappa shape index (κ1) is 25.3. The molecular formula is C23H33NO6. The Morgan fingerprint density at radius 1 is 0.967 bits per heavy atom. The van der Waals surface area contributed by atoms with E-state index in [9.17, 15) is 19.7 Å². The number of nitro groups is 1. The molecule has 0 aliphatic rings. The molecule has 0 amide bonds. The average Bonchev–Trinajstić information content (AvgIpc) is 2.72. The molecule has 0 heterocycles. The van der Waals surface area contributed by atoms with Gasteiger partial charge in [0.1, 0.15) is 12.4 Å². The summed E-state index contributed by atoms with van der Waals surface area (Å²) in [4.78, 5) is 33.6. The van der Waals surface area contributed by atoms with E-state index >= 15 is 0 Å². The van der Waals surface area contributed by atoms with Crippen molar-refractivity contribution in [1.29, 1.82) is 0 Å². The maximum Gasteiger partial charge on any atom is 0.311 e. The van der Waals surface area contributed by atoms with Crippen LogP contribution in [0.4, 0.5) is 5.69 Å². The first-order valence-corrected chi connectivity index (χ1v) is 10.8. The summed E-state index contributed by atoms with van der Waals surface area (Å²) < 4.78 is 10.2. The number of esters is 2. The molecule has 0 saturated carbocycles. The highest BCUT2D eigenvalue weighted by molar-refractivity contribution is 5.74. The molecule has 7 heteroatoms. The summed E-state index contributed by atoms with van der Waals surface area (Å²) >= 11 is 0. The molecule has 0 aromatic heterocycles. The highest BCUT2D eigenvalue weighted by Gasteiger charge is 2.11. The second-order valence-corrected chi connectivity index (χ2v) is 7.15. The Morgan fingerprint density at radius 2 is 1.67 bits per heavy atom. The van der Waals surface area contributed by atoms with Crippen molar-refractivity contribution < 1.29 is 24.0 Å². The Labute approximate surface area is 178 Å². The van der Waals surface area contributed by atoms with Gasteiger partial charge in [0.2, 0.25) is 0 Å². The number of allylic oxidation sites excluding steroid dienone is 1. The van der Waals surface area contributed by atoms with E-state index in [1.165, 1.54) is 62.8 Å². The van der Waals surface area contributed by atoms with Gasteiger partial charge in [0.05, 0.1) is 11.0 Å². The van der Waals surface area contributed by atoms with Gasteiger partial charge in [-0.2, -0.15) is 0 Å². The molecule has 166 valence electrons. The molecule has 7 nitrogen and oxygen atoms in total. The predicted octanol–water partition coefficient (Wildman–Crippen LogP) is 5.91. The van der Waals surface area contributed by atoms with Crippen molar-refractivity contribution in [2.24, 2.45) is 0 Å². The number of benzene rings is 1.